The molecule has 2 heterocycles. The number of amides is 4. The van der Waals surface area contributed by atoms with Crippen molar-refractivity contribution < 1.29 is 38.2 Å². The molecule has 0 aromatic heterocycles. The molecule has 0 bridgehead atoms. The summed E-state index contributed by atoms with van der Waals surface area (Å²) in [6.07, 6.45) is 3.87. The van der Waals surface area contributed by atoms with E-state index in [2.05, 4.69) is 0 Å². The zero-order valence-electron chi connectivity index (χ0n) is 17.7. The van der Waals surface area contributed by atoms with Gasteiger partial charge in [0, 0.05) is 37.1 Å². The van der Waals surface area contributed by atoms with Crippen molar-refractivity contribution >= 4 is 35.6 Å². The summed E-state index contributed by atoms with van der Waals surface area (Å²) in [6, 6.07) is 0. The molecule has 0 saturated carbocycles. The van der Waals surface area contributed by atoms with Gasteiger partial charge in [0.1, 0.15) is 12.2 Å². The molecule has 0 aromatic carbocycles. The number of carbonyl (C=O) groups is 6. The van der Waals surface area contributed by atoms with Gasteiger partial charge in [-0.25, -0.2) is 0 Å². The summed E-state index contributed by atoms with van der Waals surface area (Å²) in [6.45, 7) is 4.92. The average Bonchev–Trinajstić information content (AvgIpc) is 3.16. The normalized spacial score (nSPS) is 18.5. The number of hydrogen-bond donors (Lipinski definition) is 0. The van der Waals surface area contributed by atoms with Gasteiger partial charge in [0.05, 0.1) is 13.1 Å². The minimum Gasteiger partial charge on any atom is -0.461 e. The molecule has 0 N–H and O–H groups in total. The van der Waals surface area contributed by atoms with E-state index >= 15 is 0 Å². The van der Waals surface area contributed by atoms with Crippen molar-refractivity contribution in [2.45, 2.75) is 52.2 Å². The zero-order chi connectivity index (χ0) is 23.1. The zero-order valence-corrected chi connectivity index (χ0v) is 17.7. The van der Waals surface area contributed by atoms with E-state index in [0.717, 1.165) is 34.1 Å². The van der Waals surface area contributed by atoms with Crippen molar-refractivity contribution in [3.63, 3.8) is 0 Å². The van der Waals surface area contributed by atoms with Crippen molar-refractivity contribution in [2.24, 2.45) is 5.92 Å². The Labute approximate surface area is 179 Å². The fourth-order valence-corrected chi connectivity index (χ4v) is 3.12. The highest BCUT2D eigenvalue weighted by molar-refractivity contribution is 6.13. The second-order valence-corrected chi connectivity index (χ2v) is 7.69. The summed E-state index contributed by atoms with van der Waals surface area (Å²) in [5.74, 6) is -2.91. The maximum absolute atomic E-state index is 12.1. The van der Waals surface area contributed by atoms with E-state index in [4.69, 9.17) is 9.47 Å². The lowest BCUT2D eigenvalue weighted by Crippen LogP contribution is -2.38. The van der Waals surface area contributed by atoms with Crippen LogP contribution in [0.1, 0.15) is 40.0 Å². The molecule has 2 aliphatic heterocycles. The highest BCUT2D eigenvalue weighted by atomic mass is 16.5. The smallest absolute Gasteiger partial charge is 0.306 e. The average molecular weight is 434 g/mol. The molecule has 2 aliphatic rings. The number of imide groups is 2. The molecular formula is C21H26N2O8. The van der Waals surface area contributed by atoms with Gasteiger partial charge in [-0.05, 0) is 26.2 Å². The molecule has 0 saturated heterocycles. The summed E-state index contributed by atoms with van der Waals surface area (Å²) in [5.41, 5.74) is 0. The Balaban J connectivity index is 1.64. The van der Waals surface area contributed by atoms with Crippen LogP contribution in [0.15, 0.2) is 24.3 Å². The molecule has 10 nitrogen and oxygen atoms in total. The number of carbonyl (C=O) groups excluding carboxylic acids is 6. The van der Waals surface area contributed by atoms with Gasteiger partial charge < -0.3 is 9.47 Å². The number of nitrogens with zero attached hydrogens (tertiary/aromatic N) is 2. The first-order valence-electron chi connectivity index (χ1n) is 10.0. The number of rotatable bonds is 11. The largest absolute Gasteiger partial charge is 0.461 e. The molecule has 0 spiro atoms. The molecule has 168 valence electrons. The lowest BCUT2D eigenvalue weighted by Gasteiger charge is -2.21. The molecule has 10 heteroatoms. The SMILES string of the molecule is CC(CCC(=O)OC(C)CN1C(=O)C=CC1=O)CC(=O)OC(C)CN1C(=O)C=CC1=O. The van der Waals surface area contributed by atoms with E-state index in [1.54, 1.807) is 20.8 Å². The lowest BCUT2D eigenvalue weighted by atomic mass is 10.0. The number of esters is 2. The van der Waals surface area contributed by atoms with Crippen LogP contribution < -0.4 is 0 Å². The molecule has 3 unspecified atom stereocenters. The molecular weight excluding hydrogens is 408 g/mol. The van der Waals surface area contributed by atoms with E-state index in [1.165, 1.54) is 0 Å². The fourth-order valence-electron chi connectivity index (χ4n) is 3.12. The molecule has 3 atom stereocenters. The summed E-state index contributed by atoms with van der Waals surface area (Å²) >= 11 is 0. The maximum atomic E-state index is 12.1. The summed E-state index contributed by atoms with van der Waals surface area (Å²) < 4.78 is 10.5. The van der Waals surface area contributed by atoms with Gasteiger partial charge in [0.2, 0.25) is 0 Å². The summed E-state index contributed by atoms with van der Waals surface area (Å²) in [5, 5.41) is 0. The molecule has 0 aromatic rings. The lowest BCUT2D eigenvalue weighted by molar-refractivity contribution is -0.154. The third-order valence-corrected chi connectivity index (χ3v) is 4.70. The third kappa shape index (κ3) is 7.16. The van der Waals surface area contributed by atoms with Crippen LogP contribution in [-0.2, 0) is 38.2 Å². The van der Waals surface area contributed by atoms with E-state index in [9.17, 15) is 28.8 Å². The van der Waals surface area contributed by atoms with E-state index in [0.29, 0.717) is 6.42 Å². The van der Waals surface area contributed by atoms with Gasteiger partial charge in [-0.2, -0.15) is 0 Å². The van der Waals surface area contributed by atoms with Crippen molar-refractivity contribution in [3.8, 4) is 0 Å². The quantitative estimate of drug-likeness (QED) is 0.340. The Morgan fingerprint density at radius 3 is 1.55 bits per heavy atom. The molecule has 0 radical (unpaired) electrons. The summed E-state index contributed by atoms with van der Waals surface area (Å²) in [4.78, 5) is 72.2. The van der Waals surface area contributed by atoms with Crippen LogP contribution in [0.4, 0.5) is 0 Å². The summed E-state index contributed by atoms with van der Waals surface area (Å²) in [7, 11) is 0. The fraction of sp³-hybridized carbons (Fsp3) is 0.524. The number of ether oxygens (including phenoxy) is 2. The van der Waals surface area contributed by atoms with Gasteiger partial charge in [-0.3, -0.25) is 38.6 Å². The molecule has 2 rings (SSSR count). The van der Waals surface area contributed by atoms with Crippen LogP contribution >= 0.6 is 0 Å². The highest BCUT2D eigenvalue weighted by Gasteiger charge is 2.27. The van der Waals surface area contributed by atoms with Crippen LogP contribution in [0.5, 0.6) is 0 Å². The Hall–Kier alpha value is -3.30. The first-order valence-corrected chi connectivity index (χ1v) is 10.0. The van der Waals surface area contributed by atoms with Gasteiger partial charge in [0.25, 0.3) is 23.6 Å². The van der Waals surface area contributed by atoms with E-state index < -0.39 is 47.8 Å². The predicted octanol–water partition coefficient (Wildman–Crippen LogP) is 0.506. The van der Waals surface area contributed by atoms with Crippen LogP contribution in [-0.4, -0.2) is 70.7 Å². The first kappa shape index (κ1) is 24.0. The van der Waals surface area contributed by atoms with Crippen LogP contribution in [0.2, 0.25) is 0 Å². The Kier molecular flexibility index (Phi) is 8.23. The Bertz CT molecular complexity index is 795. The van der Waals surface area contributed by atoms with Crippen LogP contribution in [0.3, 0.4) is 0 Å². The topological polar surface area (TPSA) is 127 Å². The monoisotopic (exact) mass is 434 g/mol. The minimum atomic E-state index is -0.649. The minimum absolute atomic E-state index is 0.0201. The van der Waals surface area contributed by atoms with Gasteiger partial charge in [0.15, 0.2) is 0 Å². The van der Waals surface area contributed by atoms with Gasteiger partial charge >= 0.3 is 11.9 Å². The third-order valence-electron chi connectivity index (χ3n) is 4.70. The highest BCUT2D eigenvalue weighted by Crippen LogP contribution is 2.15. The van der Waals surface area contributed by atoms with Crippen molar-refractivity contribution in [1.29, 1.82) is 0 Å². The molecule has 0 fully saturated rings. The van der Waals surface area contributed by atoms with Gasteiger partial charge in [-0.15, -0.1) is 0 Å². The van der Waals surface area contributed by atoms with E-state index in [1.807, 2.05) is 0 Å². The standard InChI is InChI=1S/C21H26N2O8/c1-13(10-21(29)31-15(3)12-23-18(26)7-8-19(23)27)4-9-20(28)30-14(2)11-22-16(24)5-6-17(22)25/h5-8,13-15H,4,9-12H2,1-3H3. The Morgan fingerprint density at radius 1 is 0.742 bits per heavy atom. The predicted molar refractivity (Wildman–Crippen MR) is 106 cm³/mol. The van der Waals surface area contributed by atoms with Crippen molar-refractivity contribution in [3.05, 3.63) is 24.3 Å². The Morgan fingerprint density at radius 2 is 1.13 bits per heavy atom. The van der Waals surface area contributed by atoms with Crippen molar-refractivity contribution in [1.82, 2.24) is 9.80 Å². The first-order chi connectivity index (χ1) is 14.6. The van der Waals surface area contributed by atoms with Crippen LogP contribution in [0, 0.1) is 5.92 Å². The maximum Gasteiger partial charge on any atom is 0.306 e. The van der Waals surface area contributed by atoms with Crippen LogP contribution in [0.25, 0.3) is 0 Å². The van der Waals surface area contributed by atoms with E-state index in [-0.39, 0.29) is 31.8 Å². The molecule has 4 amide bonds. The van der Waals surface area contributed by atoms with Gasteiger partial charge in [-0.1, -0.05) is 6.92 Å². The van der Waals surface area contributed by atoms with Crippen molar-refractivity contribution in [2.75, 3.05) is 13.1 Å². The second kappa shape index (κ2) is 10.6. The number of hydrogen-bond acceptors (Lipinski definition) is 8. The molecule has 31 heavy (non-hydrogen) atoms. The molecule has 0 aliphatic carbocycles. The second-order valence-electron chi connectivity index (χ2n) is 7.69.